The van der Waals surface area contributed by atoms with E-state index in [1.165, 1.54) is 0 Å². The molecule has 4 aromatic rings. The van der Waals surface area contributed by atoms with Crippen molar-refractivity contribution in [1.82, 2.24) is 4.90 Å². The molecular weight excluding hydrogens is 464 g/mol. The first kappa shape index (κ1) is 24.1. The third kappa shape index (κ3) is 5.78. The summed E-state index contributed by atoms with van der Waals surface area (Å²) in [4.78, 5) is 40.3. The van der Waals surface area contributed by atoms with Crippen LogP contribution < -0.4 is 16.0 Å². The summed E-state index contributed by atoms with van der Waals surface area (Å²) in [5.74, 6) is -0.446. The van der Waals surface area contributed by atoms with Gasteiger partial charge in [-0.05, 0) is 66.1 Å². The number of hydrogen-bond donors (Lipinski definition) is 3. The molecule has 186 valence electrons. The van der Waals surface area contributed by atoms with E-state index in [2.05, 4.69) is 16.0 Å². The van der Waals surface area contributed by atoms with Crippen molar-refractivity contribution in [2.24, 2.45) is 5.92 Å². The van der Waals surface area contributed by atoms with E-state index in [9.17, 15) is 14.4 Å². The van der Waals surface area contributed by atoms with Crippen molar-refractivity contribution in [1.29, 1.82) is 0 Å². The lowest BCUT2D eigenvalue weighted by Gasteiger charge is -2.32. The van der Waals surface area contributed by atoms with E-state index < -0.39 is 0 Å². The highest BCUT2D eigenvalue weighted by Gasteiger charge is 2.29. The van der Waals surface area contributed by atoms with Crippen LogP contribution >= 0.6 is 0 Å². The van der Waals surface area contributed by atoms with E-state index in [4.69, 9.17) is 0 Å². The molecule has 1 fully saturated rings. The van der Waals surface area contributed by atoms with E-state index in [0.717, 1.165) is 23.6 Å². The SMILES string of the molecule is O=C(Nc1ccccc1)Nc1ccc(NC(=O)C2CCCN(C(=O)c3cccc4ccccc34)C2)cc1. The number of benzene rings is 4. The first-order valence-electron chi connectivity index (χ1n) is 12.4. The van der Waals surface area contributed by atoms with Gasteiger partial charge >= 0.3 is 6.03 Å². The summed E-state index contributed by atoms with van der Waals surface area (Å²) in [6.45, 7) is 1.02. The molecule has 0 bridgehead atoms. The largest absolute Gasteiger partial charge is 0.338 e. The zero-order valence-corrected chi connectivity index (χ0v) is 20.3. The van der Waals surface area contributed by atoms with Crippen molar-refractivity contribution in [2.45, 2.75) is 12.8 Å². The standard InChI is InChI=1S/C30H28N4O3/c35-28(31-24-15-17-25(18-16-24)33-30(37)32-23-11-2-1-3-12-23)22-10-7-19-34(20-22)29(36)27-14-6-9-21-8-4-5-13-26(21)27/h1-6,8-9,11-18,22H,7,10,19-20H2,(H,31,35)(H2,32,33,37). The molecule has 4 amide bonds. The van der Waals surface area contributed by atoms with Gasteiger partial charge in [0.05, 0.1) is 5.92 Å². The summed E-state index contributed by atoms with van der Waals surface area (Å²) in [5, 5.41) is 10.4. The molecule has 5 rings (SSSR count). The molecule has 3 N–H and O–H groups in total. The molecule has 1 saturated heterocycles. The number of carbonyl (C=O) groups is 3. The Morgan fingerprint density at radius 3 is 2.05 bits per heavy atom. The Hall–Kier alpha value is -4.65. The highest BCUT2D eigenvalue weighted by atomic mass is 16.2. The fourth-order valence-electron chi connectivity index (χ4n) is 4.65. The molecule has 7 heteroatoms. The van der Waals surface area contributed by atoms with Gasteiger partial charge in [-0.2, -0.15) is 0 Å². The second-order valence-corrected chi connectivity index (χ2v) is 9.13. The van der Waals surface area contributed by atoms with Crippen molar-refractivity contribution >= 4 is 45.7 Å². The maximum Gasteiger partial charge on any atom is 0.323 e. The number of hydrogen-bond acceptors (Lipinski definition) is 3. The van der Waals surface area contributed by atoms with Gasteiger partial charge < -0.3 is 20.9 Å². The molecule has 1 atom stereocenters. The molecule has 0 aromatic heterocycles. The number of fused-ring (bicyclic) bond motifs is 1. The highest BCUT2D eigenvalue weighted by Crippen LogP contribution is 2.25. The van der Waals surface area contributed by atoms with Crippen LogP contribution in [0.3, 0.4) is 0 Å². The van der Waals surface area contributed by atoms with Crippen LogP contribution in [0, 0.1) is 5.92 Å². The van der Waals surface area contributed by atoms with Gasteiger partial charge in [0.15, 0.2) is 0 Å². The quantitative estimate of drug-likeness (QED) is 0.320. The minimum Gasteiger partial charge on any atom is -0.338 e. The predicted molar refractivity (Wildman–Crippen MR) is 147 cm³/mol. The Labute approximate surface area is 215 Å². The minimum atomic E-state index is -0.346. The number of amides is 4. The molecule has 0 radical (unpaired) electrons. The number of nitrogens with one attached hydrogen (secondary N) is 3. The van der Waals surface area contributed by atoms with Crippen molar-refractivity contribution in [3.63, 3.8) is 0 Å². The van der Waals surface area contributed by atoms with Gasteiger partial charge in [0.25, 0.3) is 5.91 Å². The second kappa shape index (κ2) is 11.0. The van der Waals surface area contributed by atoms with E-state index >= 15 is 0 Å². The molecule has 0 aliphatic carbocycles. The smallest absolute Gasteiger partial charge is 0.323 e. The van der Waals surface area contributed by atoms with Gasteiger partial charge in [0, 0.05) is 35.7 Å². The summed E-state index contributed by atoms with van der Waals surface area (Å²) < 4.78 is 0. The molecule has 4 aromatic carbocycles. The van der Waals surface area contributed by atoms with Gasteiger partial charge in [-0.3, -0.25) is 9.59 Å². The summed E-state index contributed by atoms with van der Waals surface area (Å²) in [7, 11) is 0. The number of anilines is 3. The third-order valence-corrected chi connectivity index (χ3v) is 6.54. The summed E-state index contributed by atoms with van der Waals surface area (Å²) in [6.07, 6.45) is 1.50. The van der Waals surface area contributed by atoms with Crippen LogP contribution in [0.15, 0.2) is 97.1 Å². The normalized spacial score (nSPS) is 15.1. The van der Waals surface area contributed by atoms with Crippen LogP contribution in [0.25, 0.3) is 10.8 Å². The fraction of sp³-hybridized carbons (Fsp3) is 0.167. The van der Waals surface area contributed by atoms with Crippen LogP contribution in [0.1, 0.15) is 23.2 Å². The maximum absolute atomic E-state index is 13.3. The highest BCUT2D eigenvalue weighted by molar-refractivity contribution is 6.07. The monoisotopic (exact) mass is 492 g/mol. The minimum absolute atomic E-state index is 0.0430. The first-order valence-corrected chi connectivity index (χ1v) is 12.4. The molecule has 1 aliphatic heterocycles. The number of para-hydroxylation sites is 1. The van der Waals surface area contributed by atoms with Crippen molar-refractivity contribution in [3.8, 4) is 0 Å². The van der Waals surface area contributed by atoms with Crippen molar-refractivity contribution in [3.05, 3.63) is 103 Å². The molecule has 1 heterocycles. The molecule has 7 nitrogen and oxygen atoms in total. The summed E-state index contributed by atoms with van der Waals surface area (Å²) >= 11 is 0. The van der Waals surface area contributed by atoms with Gasteiger partial charge in [-0.25, -0.2) is 4.79 Å². The lowest BCUT2D eigenvalue weighted by atomic mass is 9.95. The van der Waals surface area contributed by atoms with Crippen LogP contribution in [0.2, 0.25) is 0 Å². The predicted octanol–water partition coefficient (Wildman–Crippen LogP) is 5.97. The third-order valence-electron chi connectivity index (χ3n) is 6.54. The molecule has 1 unspecified atom stereocenters. The van der Waals surface area contributed by atoms with Gasteiger partial charge in [-0.15, -0.1) is 0 Å². The number of rotatable bonds is 5. The van der Waals surface area contributed by atoms with Crippen LogP contribution in [0.4, 0.5) is 21.9 Å². The molecule has 1 aliphatic rings. The van der Waals surface area contributed by atoms with Gasteiger partial charge in [-0.1, -0.05) is 54.6 Å². The lowest BCUT2D eigenvalue weighted by molar-refractivity contribution is -0.121. The molecule has 0 spiro atoms. The zero-order valence-electron chi connectivity index (χ0n) is 20.3. The number of carbonyl (C=O) groups excluding carboxylic acids is 3. The summed E-state index contributed by atoms with van der Waals surface area (Å²) in [6, 6.07) is 29.4. The molecule has 0 saturated carbocycles. The van der Waals surface area contributed by atoms with Crippen molar-refractivity contribution in [2.75, 3.05) is 29.0 Å². The average Bonchev–Trinajstić information content (AvgIpc) is 2.94. The fourth-order valence-corrected chi connectivity index (χ4v) is 4.65. The summed E-state index contributed by atoms with van der Waals surface area (Å²) in [5.41, 5.74) is 2.61. The Bertz CT molecular complexity index is 1410. The van der Waals surface area contributed by atoms with Crippen molar-refractivity contribution < 1.29 is 14.4 Å². The van der Waals surface area contributed by atoms with Crippen LogP contribution in [-0.2, 0) is 4.79 Å². The zero-order chi connectivity index (χ0) is 25.6. The van der Waals surface area contributed by atoms with E-state index in [1.54, 1.807) is 41.3 Å². The Balaban J connectivity index is 1.18. The Kier molecular flexibility index (Phi) is 7.12. The number of nitrogens with zero attached hydrogens (tertiary/aromatic N) is 1. The van der Waals surface area contributed by atoms with Gasteiger partial charge in [0.1, 0.15) is 0 Å². The maximum atomic E-state index is 13.3. The molecular formula is C30H28N4O3. The topological polar surface area (TPSA) is 90.5 Å². The number of likely N-dealkylation sites (tertiary alicyclic amines) is 1. The number of urea groups is 1. The van der Waals surface area contributed by atoms with Crippen LogP contribution in [-0.4, -0.2) is 35.8 Å². The molecule has 37 heavy (non-hydrogen) atoms. The van der Waals surface area contributed by atoms with Gasteiger partial charge in [0.2, 0.25) is 5.91 Å². The van der Waals surface area contributed by atoms with E-state index in [1.807, 2.05) is 60.7 Å². The second-order valence-electron chi connectivity index (χ2n) is 9.13. The van der Waals surface area contributed by atoms with E-state index in [-0.39, 0.29) is 23.8 Å². The lowest BCUT2D eigenvalue weighted by Crippen LogP contribution is -2.43. The first-order chi connectivity index (χ1) is 18.1. The number of piperidine rings is 1. The van der Waals surface area contributed by atoms with E-state index in [0.29, 0.717) is 35.7 Å². The Morgan fingerprint density at radius 1 is 0.676 bits per heavy atom. The van der Waals surface area contributed by atoms with Crippen LogP contribution in [0.5, 0.6) is 0 Å². The Morgan fingerprint density at radius 2 is 1.30 bits per heavy atom. The average molecular weight is 493 g/mol.